The third-order valence-corrected chi connectivity index (χ3v) is 2.91. The Morgan fingerprint density at radius 2 is 2.50 bits per heavy atom. The standard InChI is InChI=1S/C9H13N3O2/c1-2-12-5-10-11-8(12)6-3-4-7(6)9(13)14/h5-7H,2-4H2,1H3,(H,13,14)/t6-,7+/m1/s1. The summed E-state index contributed by atoms with van der Waals surface area (Å²) in [4.78, 5) is 10.8. The van der Waals surface area contributed by atoms with E-state index in [1.165, 1.54) is 0 Å². The zero-order valence-corrected chi connectivity index (χ0v) is 8.05. The van der Waals surface area contributed by atoms with E-state index in [-0.39, 0.29) is 11.8 Å². The monoisotopic (exact) mass is 195 g/mol. The molecule has 0 radical (unpaired) electrons. The van der Waals surface area contributed by atoms with E-state index >= 15 is 0 Å². The van der Waals surface area contributed by atoms with E-state index in [1.54, 1.807) is 6.33 Å². The third kappa shape index (κ3) is 1.29. The smallest absolute Gasteiger partial charge is 0.307 e. The Hall–Kier alpha value is -1.39. The molecule has 14 heavy (non-hydrogen) atoms. The highest BCUT2D eigenvalue weighted by Crippen LogP contribution is 2.41. The van der Waals surface area contributed by atoms with Gasteiger partial charge >= 0.3 is 5.97 Å². The minimum Gasteiger partial charge on any atom is -0.481 e. The molecule has 0 aliphatic heterocycles. The molecule has 1 saturated carbocycles. The second-order valence-corrected chi connectivity index (χ2v) is 3.60. The van der Waals surface area contributed by atoms with Gasteiger partial charge in [-0.25, -0.2) is 0 Å². The molecule has 0 bridgehead atoms. The Morgan fingerprint density at radius 3 is 3.00 bits per heavy atom. The van der Waals surface area contributed by atoms with Gasteiger partial charge in [0, 0.05) is 12.5 Å². The molecule has 2 rings (SSSR count). The van der Waals surface area contributed by atoms with Crippen molar-refractivity contribution in [2.24, 2.45) is 5.92 Å². The molecule has 1 aliphatic rings. The fourth-order valence-electron chi connectivity index (χ4n) is 1.90. The van der Waals surface area contributed by atoms with Gasteiger partial charge < -0.3 is 9.67 Å². The number of aliphatic carboxylic acids is 1. The highest BCUT2D eigenvalue weighted by atomic mass is 16.4. The zero-order chi connectivity index (χ0) is 10.1. The van der Waals surface area contributed by atoms with Gasteiger partial charge in [0.15, 0.2) is 0 Å². The number of aryl methyl sites for hydroxylation is 1. The van der Waals surface area contributed by atoms with E-state index in [0.29, 0.717) is 0 Å². The normalized spacial score (nSPS) is 25.8. The number of hydrogen-bond donors (Lipinski definition) is 1. The van der Waals surface area contributed by atoms with E-state index < -0.39 is 5.97 Å². The highest BCUT2D eigenvalue weighted by Gasteiger charge is 2.40. The topological polar surface area (TPSA) is 68.0 Å². The van der Waals surface area contributed by atoms with Crippen molar-refractivity contribution in [3.05, 3.63) is 12.2 Å². The molecule has 0 aromatic carbocycles. The van der Waals surface area contributed by atoms with Crippen molar-refractivity contribution in [3.63, 3.8) is 0 Å². The van der Waals surface area contributed by atoms with E-state index in [9.17, 15) is 4.79 Å². The molecular formula is C9H13N3O2. The molecule has 2 atom stereocenters. The average molecular weight is 195 g/mol. The Balaban J connectivity index is 2.19. The lowest BCUT2D eigenvalue weighted by molar-refractivity contribution is -0.145. The van der Waals surface area contributed by atoms with Crippen LogP contribution in [0.2, 0.25) is 0 Å². The molecular weight excluding hydrogens is 182 g/mol. The summed E-state index contributed by atoms with van der Waals surface area (Å²) in [7, 11) is 0. The van der Waals surface area contributed by atoms with Crippen LogP contribution in [0.25, 0.3) is 0 Å². The molecule has 1 heterocycles. The lowest BCUT2D eigenvalue weighted by atomic mass is 9.73. The summed E-state index contributed by atoms with van der Waals surface area (Å²) in [5, 5.41) is 16.7. The van der Waals surface area contributed by atoms with Crippen LogP contribution in [0.5, 0.6) is 0 Å². The summed E-state index contributed by atoms with van der Waals surface area (Å²) >= 11 is 0. The van der Waals surface area contributed by atoms with Crippen molar-refractivity contribution in [1.29, 1.82) is 0 Å². The van der Waals surface area contributed by atoms with Crippen LogP contribution in [0.3, 0.4) is 0 Å². The number of rotatable bonds is 3. The molecule has 0 amide bonds. The van der Waals surface area contributed by atoms with Crippen LogP contribution in [0, 0.1) is 5.92 Å². The summed E-state index contributed by atoms with van der Waals surface area (Å²) < 4.78 is 1.92. The molecule has 1 aliphatic carbocycles. The molecule has 1 fully saturated rings. The highest BCUT2D eigenvalue weighted by molar-refractivity contribution is 5.72. The van der Waals surface area contributed by atoms with Crippen LogP contribution in [0.15, 0.2) is 6.33 Å². The van der Waals surface area contributed by atoms with Crippen molar-refractivity contribution in [3.8, 4) is 0 Å². The van der Waals surface area contributed by atoms with Gasteiger partial charge in [-0.3, -0.25) is 4.79 Å². The summed E-state index contributed by atoms with van der Waals surface area (Å²) in [6.45, 7) is 2.80. The van der Waals surface area contributed by atoms with Crippen LogP contribution in [-0.4, -0.2) is 25.8 Å². The average Bonchev–Trinajstić information content (AvgIpc) is 2.49. The number of carboxylic acid groups (broad SMARTS) is 1. The number of carbonyl (C=O) groups is 1. The Kier molecular flexibility index (Phi) is 2.23. The van der Waals surface area contributed by atoms with Crippen LogP contribution in [0.1, 0.15) is 31.5 Å². The van der Waals surface area contributed by atoms with Gasteiger partial charge in [0.1, 0.15) is 12.2 Å². The minimum absolute atomic E-state index is 0.0648. The maximum absolute atomic E-state index is 10.8. The van der Waals surface area contributed by atoms with Gasteiger partial charge in [-0.2, -0.15) is 0 Å². The molecule has 5 heteroatoms. The van der Waals surface area contributed by atoms with Crippen molar-refractivity contribution in [1.82, 2.24) is 14.8 Å². The van der Waals surface area contributed by atoms with Crippen LogP contribution in [-0.2, 0) is 11.3 Å². The molecule has 1 N–H and O–H groups in total. The largest absolute Gasteiger partial charge is 0.481 e. The first kappa shape index (κ1) is 9.18. The van der Waals surface area contributed by atoms with Gasteiger partial charge in [0.25, 0.3) is 0 Å². The van der Waals surface area contributed by atoms with Crippen LogP contribution >= 0.6 is 0 Å². The Labute approximate surface area is 81.8 Å². The molecule has 0 saturated heterocycles. The van der Waals surface area contributed by atoms with Crippen molar-refractivity contribution >= 4 is 5.97 Å². The number of nitrogens with zero attached hydrogens (tertiary/aromatic N) is 3. The van der Waals surface area contributed by atoms with Crippen molar-refractivity contribution < 1.29 is 9.90 Å². The van der Waals surface area contributed by atoms with Crippen LogP contribution < -0.4 is 0 Å². The number of aromatic nitrogens is 3. The number of hydrogen-bond acceptors (Lipinski definition) is 3. The first-order chi connectivity index (χ1) is 6.74. The van der Waals surface area contributed by atoms with Crippen molar-refractivity contribution in [2.45, 2.75) is 32.2 Å². The molecule has 1 aromatic heterocycles. The van der Waals surface area contributed by atoms with Crippen molar-refractivity contribution in [2.75, 3.05) is 0 Å². The van der Waals surface area contributed by atoms with E-state index in [0.717, 1.165) is 25.2 Å². The second-order valence-electron chi connectivity index (χ2n) is 3.60. The fraction of sp³-hybridized carbons (Fsp3) is 0.667. The molecule has 5 nitrogen and oxygen atoms in total. The van der Waals surface area contributed by atoms with Gasteiger partial charge in [0.05, 0.1) is 5.92 Å². The summed E-state index contributed by atoms with van der Waals surface area (Å²) in [6.07, 6.45) is 3.33. The number of carboxylic acids is 1. The quantitative estimate of drug-likeness (QED) is 0.777. The van der Waals surface area contributed by atoms with Gasteiger partial charge in [-0.15, -0.1) is 10.2 Å². The summed E-state index contributed by atoms with van der Waals surface area (Å²) in [6, 6.07) is 0. The third-order valence-electron chi connectivity index (χ3n) is 2.91. The van der Waals surface area contributed by atoms with E-state index in [2.05, 4.69) is 10.2 Å². The van der Waals surface area contributed by atoms with E-state index in [4.69, 9.17) is 5.11 Å². The predicted molar refractivity (Wildman–Crippen MR) is 48.8 cm³/mol. The maximum Gasteiger partial charge on any atom is 0.307 e. The lowest BCUT2D eigenvalue weighted by Gasteiger charge is -2.32. The summed E-state index contributed by atoms with van der Waals surface area (Å²) in [5.41, 5.74) is 0. The lowest BCUT2D eigenvalue weighted by Crippen LogP contribution is -2.32. The molecule has 0 spiro atoms. The van der Waals surface area contributed by atoms with Gasteiger partial charge in [-0.1, -0.05) is 0 Å². The fourth-order valence-corrected chi connectivity index (χ4v) is 1.90. The first-order valence-electron chi connectivity index (χ1n) is 4.84. The Morgan fingerprint density at radius 1 is 1.71 bits per heavy atom. The zero-order valence-electron chi connectivity index (χ0n) is 8.05. The van der Waals surface area contributed by atoms with Gasteiger partial charge in [0.2, 0.25) is 0 Å². The predicted octanol–water partition coefficient (Wildman–Crippen LogP) is 0.876. The Bertz CT molecular complexity index is 348. The molecule has 1 aromatic rings. The minimum atomic E-state index is -0.716. The second kappa shape index (κ2) is 3.40. The molecule has 76 valence electrons. The summed E-state index contributed by atoms with van der Waals surface area (Å²) in [5.74, 6) is -0.0856. The molecule has 0 unspecified atom stereocenters. The first-order valence-corrected chi connectivity index (χ1v) is 4.84. The SMILES string of the molecule is CCn1cnnc1[C@@H]1CC[C@@H]1C(=O)O. The van der Waals surface area contributed by atoms with Crippen LogP contribution in [0.4, 0.5) is 0 Å². The van der Waals surface area contributed by atoms with E-state index in [1.807, 2.05) is 11.5 Å². The maximum atomic E-state index is 10.8. The van der Waals surface area contributed by atoms with Gasteiger partial charge in [-0.05, 0) is 19.8 Å².